The highest BCUT2D eigenvalue weighted by molar-refractivity contribution is 9.10. The molecule has 0 saturated heterocycles. The third-order valence-corrected chi connectivity index (χ3v) is 2.43. The second kappa shape index (κ2) is 4.57. The third kappa shape index (κ3) is 3.16. The van der Waals surface area contributed by atoms with Crippen LogP contribution in [-0.2, 0) is 4.79 Å². The zero-order valence-corrected chi connectivity index (χ0v) is 10.2. The van der Waals surface area contributed by atoms with Crippen LogP contribution in [0.5, 0.6) is 0 Å². The quantitative estimate of drug-likeness (QED) is 0.519. The molecule has 0 aliphatic rings. The summed E-state index contributed by atoms with van der Waals surface area (Å²) in [6.45, 7) is 2.99. The molecule has 1 rings (SSSR count). The number of amides is 1. The van der Waals surface area contributed by atoms with Crippen LogP contribution in [0.2, 0.25) is 0 Å². The van der Waals surface area contributed by atoms with Crippen molar-refractivity contribution in [2.24, 2.45) is 0 Å². The van der Waals surface area contributed by atoms with Crippen molar-refractivity contribution in [3.63, 3.8) is 0 Å². The summed E-state index contributed by atoms with van der Waals surface area (Å²) < 4.78 is -1.04. The van der Waals surface area contributed by atoms with E-state index in [4.69, 9.17) is 0 Å². The lowest BCUT2D eigenvalue weighted by atomic mass is 10.1. The van der Waals surface area contributed by atoms with E-state index in [1.54, 1.807) is 31.2 Å². The summed E-state index contributed by atoms with van der Waals surface area (Å²) in [6.07, 6.45) is 0. The first kappa shape index (κ1) is 11.9. The monoisotopic (exact) mass is 269 g/mol. The summed E-state index contributed by atoms with van der Waals surface area (Å²) in [4.78, 5) is 22.8. The van der Waals surface area contributed by atoms with Gasteiger partial charge in [0.2, 0.25) is 5.91 Å². The Kier molecular flexibility index (Phi) is 3.63. The molecule has 1 aromatic rings. The van der Waals surface area contributed by atoms with Gasteiger partial charge in [-0.05, 0) is 6.92 Å². The highest BCUT2D eigenvalue weighted by Gasteiger charge is 2.31. The molecule has 3 nitrogen and oxygen atoms in total. The summed E-state index contributed by atoms with van der Waals surface area (Å²) in [5, 5.41) is 2.55. The van der Waals surface area contributed by atoms with Gasteiger partial charge in [-0.3, -0.25) is 9.59 Å². The fraction of sp³-hybridized carbons (Fsp3) is 0.273. The number of alkyl halides is 1. The average molecular weight is 270 g/mol. The first-order valence-corrected chi connectivity index (χ1v) is 5.30. The first-order chi connectivity index (χ1) is 6.93. The second-order valence-electron chi connectivity index (χ2n) is 3.38. The van der Waals surface area contributed by atoms with E-state index in [2.05, 4.69) is 21.2 Å². The van der Waals surface area contributed by atoms with Crippen molar-refractivity contribution >= 4 is 27.6 Å². The van der Waals surface area contributed by atoms with Crippen LogP contribution < -0.4 is 5.32 Å². The summed E-state index contributed by atoms with van der Waals surface area (Å²) in [5.41, 5.74) is 0.561. The first-order valence-electron chi connectivity index (χ1n) is 4.51. The van der Waals surface area contributed by atoms with Crippen molar-refractivity contribution in [1.82, 2.24) is 5.32 Å². The number of ketones is 1. The lowest BCUT2D eigenvalue weighted by molar-refractivity contribution is -0.119. The summed E-state index contributed by atoms with van der Waals surface area (Å²) in [7, 11) is 0. The van der Waals surface area contributed by atoms with Gasteiger partial charge in [0, 0.05) is 12.5 Å². The molecule has 80 valence electrons. The van der Waals surface area contributed by atoms with E-state index in [-0.39, 0.29) is 11.7 Å². The number of hydrogen-bond acceptors (Lipinski definition) is 2. The van der Waals surface area contributed by atoms with Crippen LogP contribution in [0.1, 0.15) is 24.2 Å². The fourth-order valence-electron chi connectivity index (χ4n) is 1.25. The lowest BCUT2D eigenvalue weighted by Gasteiger charge is -2.21. The van der Waals surface area contributed by atoms with Gasteiger partial charge >= 0.3 is 0 Å². The molecule has 1 unspecified atom stereocenters. The molecule has 0 aliphatic heterocycles. The minimum atomic E-state index is -1.04. The maximum absolute atomic E-state index is 11.9. The number of carbonyl (C=O) groups is 2. The van der Waals surface area contributed by atoms with Gasteiger partial charge in [0.25, 0.3) is 0 Å². The summed E-state index contributed by atoms with van der Waals surface area (Å²) in [6, 6.07) is 8.82. The molecule has 0 fully saturated rings. The Labute approximate surface area is 97.0 Å². The molecule has 0 aliphatic carbocycles. The van der Waals surface area contributed by atoms with Crippen molar-refractivity contribution in [2.75, 3.05) is 0 Å². The van der Waals surface area contributed by atoms with Gasteiger partial charge in [0.05, 0.1) is 0 Å². The molecule has 0 saturated carbocycles. The summed E-state index contributed by atoms with van der Waals surface area (Å²) >= 11 is 3.20. The number of rotatable bonds is 3. The van der Waals surface area contributed by atoms with Crippen LogP contribution in [0.3, 0.4) is 0 Å². The smallest absolute Gasteiger partial charge is 0.218 e. The van der Waals surface area contributed by atoms with Crippen LogP contribution in [-0.4, -0.2) is 16.1 Å². The predicted molar refractivity (Wildman–Crippen MR) is 61.9 cm³/mol. The van der Waals surface area contributed by atoms with Gasteiger partial charge in [0.1, 0.15) is 0 Å². The number of hydrogen-bond donors (Lipinski definition) is 1. The molecule has 0 spiro atoms. The van der Waals surface area contributed by atoms with Gasteiger partial charge in [-0.1, -0.05) is 46.3 Å². The zero-order chi connectivity index (χ0) is 11.5. The summed E-state index contributed by atoms with van der Waals surface area (Å²) in [5.74, 6) is -0.419. The lowest BCUT2D eigenvalue weighted by Crippen LogP contribution is -2.46. The van der Waals surface area contributed by atoms with Crippen molar-refractivity contribution in [3.05, 3.63) is 35.9 Å². The number of benzene rings is 1. The van der Waals surface area contributed by atoms with E-state index in [1.807, 2.05) is 6.07 Å². The van der Waals surface area contributed by atoms with Crippen molar-refractivity contribution < 1.29 is 9.59 Å². The molecule has 0 aromatic heterocycles. The SMILES string of the molecule is CC(=O)NC(C)(Br)C(=O)c1ccccc1. The minimum absolute atomic E-state index is 0.168. The van der Waals surface area contributed by atoms with Crippen LogP contribution in [0.25, 0.3) is 0 Å². The second-order valence-corrected chi connectivity index (χ2v) is 4.97. The highest BCUT2D eigenvalue weighted by atomic mass is 79.9. The standard InChI is InChI=1S/C11H12BrNO2/c1-8(14)13-11(2,12)10(15)9-6-4-3-5-7-9/h3-7H,1-2H3,(H,13,14). The number of nitrogens with one attached hydrogen (secondary N) is 1. The molecular formula is C11H12BrNO2. The van der Waals surface area contributed by atoms with E-state index >= 15 is 0 Å². The Bertz CT molecular complexity index is 373. The van der Waals surface area contributed by atoms with Crippen molar-refractivity contribution in [1.29, 1.82) is 0 Å². The van der Waals surface area contributed by atoms with E-state index in [0.717, 1.165) is 0 Å². The van der Waals surface area contributed by atoms with Crippen molar-refractivity contribution in [2.45, 2.75) is 18.3 Å². The Morgan fingerprint density at radius 2 is 1.80 bits per heavy atom. The topological polar surface area (TPSA) is 46.2 Å². The number of halogens is 1. The fourth-order valence-corrected chi connectivity index (χ4v) is 1.76. The Morgan fingerprint density at radius 3 is 2.27 bits per heavy atom. The van der Waals surface area contributed by atoms with E-state index < -0.39 is 4.45 Å². The Morgan fingerprint density at radius 1 is 1.27 bits per heavy atom. The van der Waals surface area contributed by atoms with E-state index in [0.29, 0.717) is 5.56 Å². The van der Waals surface area contributed by atoms with E-state index in [1.165, 1.54) is 6.92 Å². The van der Waals surface area contributed by atoms with Gasteiger partial charge in [0.15, 0.2) is 10.2 Å². The molecule has 0 heterocycles. The van der Waals surface area contributed by atoms with Gasteiger partial charge in [-0.15, -0.1) is 0 Å². The minimum Gasteiger partial charge on any atom is -0.335 e. The molecule has 1 N–H and O–H groups in total. The Balaban J connectivity index is 2.89. The normalized spacial score (nSPS) is 14.1. The van der Waals surface area contributed by atoms with Crippen LogP contribution in [0.4, 0.5) is 0 Å². The van der Waals surface area contributed by atoms with Gasteiger partial charge in [-0.2, -0.15) is 0 Å². The molecule has 0 bridgehead atoms. The van der Waals surface area contributed by atoms with Crippen LogP contribution in [0.15, 0.2) is 30.3 Å². The van der Waals surface area contributed by atoms with Gasteiger partial charge in [-0.25, -0.2) is 0 Å². The maximum atomic E-state index is 11.9. The zero-order valence-electron chi connectivity index (χ0n) is 8.58. The number of carbonyl (C=O) groups excluding carboxylic acids is 2. The molecule has 15 heavy (non-hydrogen) atoms. The number of Topliss-reactive ketones (excluding diaryl/α,β-unsaturated/α-hetero) is 1. The highest BCUT2D eigenvalue weighted by Crippen LogP contribution is 2.19. The molecule has 4 heteroatoms. The molecule has 1 amide bonds. The Hall–Kier alpha value is -1.16. The van der Waals surface area contributed by atoms with E-state index in [9.17, 15) is 9.59 Å². The maximum Gasteiger partial charge on any atom is 0.218 e. The van der Waals surface area contributed by atoms with Crippen molar-refractivity contribution in [3.8, 4) is 0 Å². The van der Waals surface area contributed by atoms with Gasteiger partial charge < -0.3 is 5.32 Å². The molecule has 1 atom stereocenters. The predicted octanol–water partition coefficient (Wildman–Crippen LogP) is 2.12. The van der Waals surface area contributed by atoms with Crippen LogP contribution >= 0.6 is 15.9 Å². The molecule has 0 radical (unpaired) electrons. The molecule has 1 aromatic carbocycles. The molecular weight excluding hydrogens is 258 g/mol. The largest absolute Gasteiger partial charge is 0.335 e. The third-order valence-electron chi connectivity index (χ3n) is 1.87. The average Bonchev–Trinajstić information content (AvgIpc) is 2.16. The van der Waals surface area contributed by atoms with Crippen LogP contribution in [0, 0.1) is 0 Å².